The standard InChI is InChI=1S/C6H5IN4/c7-5-4-2-1-3-9-11(4)6(8)10-5/h1-3H,(H2,8,10). The van der Waals surface area contributed by atoms with Crippen molar-refractivity contribution in [3.63, 3.8) is 0 Å². The van der Waals surface area contributed by atoms with Crippen molar-refractivity contribution in [2.24, 2.45) is 0 Å². The number of nitrogens with two attached hydrogens (primary N) is 1. The van der Waals surface area contributed by atoms with Gasteiger partial charge in [0.15, 0.2) is 0 Å². The molecule has 0 radical (unpaired) electrons. The van der Waals surface area contributed by atoms with Gasteiger partial charge in [0, 0.05) is 6.20 Å². The van der Waals surface area contributed by atoms with Crippen LogP contribution in [0.3, 0.4) is 0 Å². The van der Waals surface area contributed by atoms with Gasteiger partial charge in [-0.05, 0) is 34.7 Å². The number of imidazole rings is 1. The Bertz CT molecular complexity index is 358. The molecule has 0 aliphatic rings. The van der Waals surface area contributed by atoms with Crippen LogP contribution in [0.15, 0.2) is 18.3 Å². The highest BCUT2D eigenvalue weighted by atomic mass is 127. The number of aromatic nitrogens is 3. The Morgan fingerprint density at radius 2 is 2.36 bits per heavy atom. The third kappa shape index (κ3) is 0.953. The Hall–Kier alpha value is -0.850. The van der Waals surface area contributed by atoms with Crippen molar-refractivity contribution >= 4 is 34.1 Å². The van der Waals surface area contributed by atoms with E-state index in [4.69, 9.17) is 5.73 Å². The van der Waals surface area contributed by atoms with Gasteiger partial charge in [0.2, 0.25) is 5.95 Å². The highest BCUT2D eigenvalue weighted by Gasteiger charge is 2.04. The predicted molar refractivity (Wildman–Crippen MR) is 50.1 cm³/mol. The number of halogens is 1. The largest absolute Gasteiger partial charge is 0.368 e. The van der Waals surface area contributed by atoms with E-state index in [1.54, 1.807) is 10.7 Å². The molecule has 0 unspecified atom stereocenters. The van der Waals surface area contributed by atoms with E-state index in [1.165, 1.54) is 0 Å². The summed E-state index contributed by atoms with van der Waals surface area (Å²) in [6.07, 6.45) is 1.68. The van der Waals surface area contributed by atoms with E-state index in [2.05, 4.69) is 32.7 Å². The van der Waals surface area contributed by atoms with Gasteiger partial charge >= 0.3 is 0 Å². The Balaban J connectivity index is 2.95. The molecule has 2 N–H and O–H groups in total. The zero-order chi connectivity index (χ0) is 7.84. The first-order valence-corrected chi connectivity index (χ1v) is 4.11. The quantitative estimate of drug-likeness (QED) is 0.716. The minimum absolute atomic E-state index is 0.435. The second-order valence-corrected chi connectivity index (χ2v) is 3.10. The lowest BCUT2D eigenvalue weighted by atomic mass is 10.5. The number of rotatable bonds is 0. The SMILES string of the molecule is Nc1nc(I)c2cccnn12. The zero-order valence-corrected chi connectivity index (χ0v) is 7.69. The van der Waals surface area contributed by atoms with Crippen molar-refractivity contribution < 1.29 is 0 Å². The molecule has 2 aromatic heterocycles. The predicted octanol–water partition coefficient (Wildman–Crippen LogP) is 0.916. The van der Waals surface area contributed by atoms with E-state index >= 15 is 0 Å². The van der Waals surface area contributed by atoms with Crippen molar-refractivity contribution in [1.29, 1.82) is 0 Å². The minimum Gasteiger partial charge on any atom is -0.368 e. The average Bonchev–Trinajstić information content (AvgIpc) is 2.30. The lowest BCUT2D eigenvalue weighted by Gasteiger charge is -1.90. The number of nitrogen functional groups attached to an aromatic ring is 1. The monoisotopic (exact) mass is 260 g/mol. The van der Waals surface area contributed by atoms with Crippen LogP contribution in [0.4, 0.5) is 5.95 Å². The van der Waals surface area contributed by atoms with Crippen molar-refractivity contribution in [3.05, 3.63) is 22.0 Å². The van der Waals surface area contributed by atoms with Crippen molar-refractivity contribution in [2.45, 2.75) is 0 Å². The maximum absolute atomic E-state index is 5.56. The first-order chi connectivity index (χ1) is 5.29. The van der Waals surface area contributed by atoms with Gasteiger partial charge in [0.1, 0.15) is 9.22 Å². The Kier molecular flexibility index (Phi) is 1.45. The maximum atomic E-state index is 5.56. The summed E-state index contributed by atoms with van der Waals surface area (Å²) in [6.45, 7) is 0. The molecule has 0 amide bonds. The number of anilines is 1. The molecule has 0 saturated carbocycles. The van der Waals surface area contributed by atoms with E-state index < -0.39 is 0 Å². The second kappa shape index (κ2) is 2.33. The van der Waals surface area contributed by atoms with Gasteiger partial charge < -0.3 is 5.73 Å². The highest BCUT2D eigenvalue weighted by molar-refractivity contribution is 14.1. The number of fused-ring (bicyclic) bond motifs is 1. The Labute approximate surface area is 76.6 Å². The summed E-state index contributed by atoms with van der Waals surface area (Å²) < 4.78 is 2.50. The first kappa shape index (κ1) is 6.84. The van der Waals surface area contributed by atoms with Gasteiger partial charge in [-0.25, -0.2) is 4.98 Å². The van der Waals surface area contributed by atoms with Crippen LogP contribution in [-0.2, 0) is 0 Å². The fourth-order valence-corrected chi connectivity index (χ4v) is 1.57. The molecule has 0 bridgehead atoms. The molecule has 0 fully saturated rings. The average molecular weight is 260 g/mol. The van der Waals surface area contributed by atoms with E-state index in [1.807, 2.05) is 12.1 Å². The van der Waals surface area contributed by atoms with Crippen LogP contribution in [0.1, 0.15) is 0 Å². The summed E-state index contributed by atoms with van der Waals surface area (Å²) in [4.78, 5) is 4.06. The first-order valence-electron chi connectivity index (χ1n) is 3.04. The molecule has 11 heavy (non-hydrogen) atoms. The van der Waals surface area contributed by atoms with Crippen LogP contribution < -0.4 is 5.73 Å². The number of hydrogen-bond donors (Lipinski definition) is 1. The summed E-state index contributed by atoms with van der Waals surface area (Å²) in [5, 5.41) is 4.03. The lowest BCUT2D eigenvalue weighted by Crippen LogP contribution is -1.96. The van der Waals surface area contributed by atoms with Gasteiger partial charge in [-0.3, -0.25) is 0 Å². The van der Waals surface area contributed by atoms with E-state index in [0.717, 1.165) is 9.22 Å². The lowest BCUT2D eigenvalue weighted by molar-refractivity contribution is 0.940. The summed E-state index contributed by atoms with van der Waals surface area (Å²) in [6, 6.07) is 3.79. The summed E-state index contributed by atoms with van der Waals surface area (Å²) >= 11 is 2.13. The Morgan fingerprint density at radius 3 is 3.09 bits per heavy atom. The topological polar surface area (TPSA) is 56.2 Å². The fourth-order valence-electron chi connectivity index (χ4n) is 0.916. The van der Waals surface area contributed by atoms with Crippen LogP contribution >= 0.6 is 22.6 Å². The third-order valence-electron chi connectivity index (χ3n) is 1.39. The highest BCUT2D eigenvalue weighted by Crippen LogP contribution is 2.13. The van der Waals surface area contributed by atoms with Crippen LogP contribution in [0.25, 0.3) is 5.52 Å². The van der Waals surface area contributed by atoms with Crippen molar-refractivity contribution in [2.75, 3.05) is 5.73 Å². The molecule has 0 aliphatic carbocycles. The molecular formula is C6H5IN4. The molecule has 2 aromatic rings. The molecule has 5 heteroatoms. The molecule has 56 valence electrons. The van der Waals surface area contributed by atoms with Crippen LogP contribution in [0.2, 0.25) is 0 Å². The fraction of sp³-hybridized carbons (Fsp3) is 0. The van der Waals surface area contributed by atoms with E-state index in [0.29, 0.717) is 5.95 Å². The van der Waals surface area contributed by atoms with Crippen LogP contribution in [0, 0.1) is 3.70 Å². The number of nitrogens with zero attached hydrogens (tertiary/aromatic N) is 3. The molecule has 0 saturated heterocycles. The molecular weight excluding hydrogens is 255 g/mol. The maximum Gasteiger partial charge on any atom is 0.222 e. The normalized spacial score (nSPS) is 10.6. The van der Waals surface area contributed by atoms with Crippen molar-refractivity contribution in [1.82, 2.24) is 14.6 Å². The minimum atomic E-state index is 0.435. The molecule has 2 heterocycles. The summed E-state index contributed by atoms with van der Waals surface area (Å²) in [5.41, 5.74) is 6.51. The van der Waals surface area contributed by atoms with Gasteiger partial charge in [0.05, 0.1) is 0 Å². The third-order valence-corrected chi connectivity index (χ3v) is 2.19. The molecule has 0 spiro atoms. The van der Waals surface area contributed by atoms with Crippen molar-refractivity contribution in [3.8, 4) is 0 Å². The molecule has 0 aliphatic heterocycles. The molecule has 0 aromatic carbocycles. The smallest absolute Gasteiger partial charge is 0.222 e. The zero-order valence-electron chi connectivity index (χ0n) is 5.53. The van der Waals surface area contributed by atoms with Gasteiger partial charge in [-0.2, -0.15) is 9.61 Å². The van der Waals surface area contributed by atoms with E-state index in [-0.39, 0.29) is 0 Å². The number of hydrogen-bond acceptors (Lipinski definition) is 3. The van der Waals surface area contributed by atoms with Crippen LogP contribution in [0.5, 0.6) is 0 Å². The summed E-state index contributed by atoms with van der Waals surface area (Å²) in [5.74, 6) is 0.435. The van der Waals surface area contributed by atoms with E-state index in [9.17, 15) is 0 Å². The van der Waals surface area contributed by atoms with Gasteiger partial charge in [-0.15, -0.1) is 0 Å². The van der Waals surface area contributed by atoms with Gasteiger partial charge in [0.25, 0.3) is 0 Å². The molecule has 0 atom stereocenters. The second-order valence-electron chi connectivity index (χ2n) is 2.08. The molecule has 2 rings (SSSR count). The molecule has 4 nitrogen and oxygen atoms in total. The summed E-state index contributed by atoms with van der Waals surface area (Å²) in [7, 11) is 0. The van der Waals surface area contributed by atoms with Crippen LogP contribution in [-0.4, -0.2) is 14.6 Å². The van der Waals surface area contributed by atoms with Gasteiger partial charge in [-0.1, -0.05) is 0 Å². The Morgan fingerprint density at radius 1 is 1.55 bits per heavy atom.